The molecule has 0 aliphatic rings. The van der Waals surface area contributed by atoms with E-state index in [9.17, 15) is 27.9 Å². The summed E-state index contributed by atoms with van der Waals surface area (Å²) in [5, 5.41) is 28.2. The molecule has 0 saturated heterocycles. The minimum absolute atomic E-state index is 0.156. The number of anilines is 2. The van der Waals surface area contributed by atoms with Gasteiger partial charge in [0.2, 0.25) is 5.78 Å². The predicted molar refractivity (Wildman–Crippen MR) is 159 cm³/mol. The predicted octanol–water partition coefficient (Wildman–Crippen LogP) is 6.48. The molecule has 0 radical (unpaired) electrons. The number of aromatic amines is 1. The maximum absolute atomic E-state index is 13.2. The van der Waals surface area contributed by atoms with Crippen LogP contribution in [0.2, 0.25) is 0 Å². The summed E-state index contributed by atoms with van der Waals surface area (Å²) in [6.45, 7) is 6.49. The monoisotopic (exact) mass is 629 g/mol. The van der Waals surface area contributed by atoms with Crippen LogP contribution in [-0.2, 0) is 16.8 Å². The number of H-pyrrole nitrogens is 1. The lowest BCUT2D eigenvalue weighted by Gasteiger charge is -2.12. The van der Waals surface area contributed by atoms with Crippen molar-refractivity contribution in [1.29, 1.82) is 0 Å². The maximum Gasteiger partial charge on any atom is 0.490 e. The summed E-state index contributed by atoms with van der Waals surface area (Å²) < 4.78 is 42.8. The largest absolute Gasteiger partial charge is 0.508 e. The lowest BCUT2D eigenvalue weighted by molar-refractivity contribution is -0.192. The molecule has 3 aromatic heterocycles. The number of phenolic OH excluding ortho intramolecular Hbond substituents is 1. The van der Waals surface area contributed by atoms with Gasteiger partial charge in [0.25, 0.3) is 0 Å². The summed E-state index contributed by atoms with van der Waals surface area (Å²) in [6.07, 6.45) is -5.08. The average molecular weight is 630 g/mol. The number of halogens is 3. The van der Waals surface area contributed by atoms with Crippen molar-refractivity contribution in [3.05, 3.63) is 71.3 Å². The van der Waals surface area contributed by atoms with E-state index in [1.54, 1.807) is 48.5 Å². The molecule has 0 fully saturated rings. The minimum atomic E-state index is -5.08. The number of carboxylic acids is 1. The van der Waals surface area contributed by atoms with Gasteiger partial charge in [0.1, 0.15) is 17.1 Å². The lowest BCUT2D eigenvalue weighted by Crippen LogP contribution is -2.21. The van der Waals surface area contributed by atoms with Crippen LogP contribution in [0.15, 0.2) is 57.5 Å². The number of aliphatic carboxylic acids is 1. The summed E-state index contributed by atoms with van der Waals surface area (Å²) >= 11 is 0. The highest BCUT2D eigenvalue weighted by molar-refractivity contribution is 6.10. The number of alkyl halides is 3. The van der Waals surface area contributed by atoms with Gasteiger partial charge in [-0.3, -0.25) is 10.1 Å². The van der Waals surface area contributed by atoms with E-state index in [2.05, 4.69) is 20.8 Å². The second kappa shape index (κ2) is 12.4. The number of aromatic hydroxyl groups is 1. The Balaban J connectivity index is 0.000000591. The Morgan fingerprint density at radius 3 is 2.29 bits per heavy atom. The molecule has 45 heavy (non-hydrogen) atoms. The van der Waals surface area contributed by atoms with E-state index in [1.807, 2.05) is 39.8 Å². The van der Waals surface area contributed by atoms with E-state index >= 15 is 0 Å². The number of ketones is 1. The third kappa shape index (κ3) is 7.80. The molecule has 0 spiro atoms. The van der Waals surface area contributed by atoms with Crippen molar-refractivity contribution in [1.82, 2.24) is 15.0 Å². The molecule has 2 amide bonds. The number of fused-ring (bicyclic) bond motifs is 2. The molecule has 5 N–H and O–H groups in total. The summed E-state index contributed by atoms with van der Waals surface area (Å²) in [6, 6.07) is 13.0. The standard InChI is InChI=1S/C28H29N5O5.C2HF3O2/c1-28(2,3)24-13-25(32-38-24)31-27(36)29-16-6-9-22-15(10-16)11-23(37-22)26(35)20-12-17-18(14-33(4)5)21(34)8-7-19(17)30-20;3-2(4,5)1(6)7/h6-13,30,34H,14H2,1-5H3,(H2,29,31,32,36);(H,6,7). The number of benzene rings is 2. The van der Waals surface area contributed by atoms with Crippen LogP contribution in [0.1, 0.15) is 48.3 Å². The summed E-state index contributed by atoms with van der Waals surface area (Å²) in [4.78, 5) is 39.7. The number of amides is 2. The number of aromatic nitrogens is 2. The molecule has 238 valence electrons. The van der Waals surface area contributed by atoms with E-state index in [4.69, 9.17) is 18.8 Å². The van der Waals surface area contributed by atoms with Crippen molar-refractivity contribution in [3.8, 4) is 5.75 Å². The number of furan rings is 1. The maximum atomic E-state index is 13.2. The zero-order valence-corrected chi connectivity index (χ0v) is 24.8. The third-order valence-corrected chi connectivity index (χ3v) is 6.34. The summed E-state index contributed by atoms with van der Waals surface area (Å²) in [5.41, 5.74) is 2.63. The van der Waals surface area contributed by atoms with Crippen molar-refractivity contribution in [2.24, 2.45) is 0 Å². The van der Waals surface area contributed by atoms with E-state index in [-0.39, 0.29) is 22.7 Å². The number of nitrogens with one attached hydrogen (secondary N) is 3. The molecule has 3 heterocycles. The molecule has 12 nitrogen and oxygen atoms in total. The molecule has 0 bridgehead atoms. The second-order valence-corrected chi connectivity index (χ2v) is 11.3. The Labute approximate surface area is 253 Å². The average Bonchev–Trinajstić information content (AvgIpc) is 3.67. The van der Waals surface area contributed by atoms with Gasteiger partial charge in [0.15, 0.2) is 11.6 Å². The topological polar surface area (TPSA) is 174 Å². The molecule has 0 aliphatic carbocycles. The number of carboxylic acid groups (broad SMARTS) is 1. The third-order valence-electron chi connectivity index (χ3n) is 6.34. The molecular weight excluding hydrogens is 599 g/mol. The molecule has 2 aromatic carbocycles. The lowest BCUT2D eigenvalue weighted by atomic mass is 9.93. The van der Waals surface area contributed by atoms with E-state index in [0.717, 1.165) is 16.5 Å². The first kappa shape index (κ1) is 32.6. The van der Waals surface area contributed by atoms with Gasteiger partial charge in [0.05, 0.1) is 5.69 Å². The van der Waals surface area contributed by atoms with E-state index in [1.165, 1.54) is 0 Å². The van der Waals surface area contributed by atoms with Crippen LogP contribution < -0.4 is 10.6 Å². The van der Waals surface area contributed by atoms with Gasteiger partial charge in [-0.05, 0) is 56.6 Å². The van der Waals surface area contributed by atoms with Gasteiger partial charge >= 0.3 is 18.2 Å². The summed E-state index contributed by atoms with van der Waals surface area (Å²) in [5.74, 6) is -1.78. The Kier molecular flexibility index (Phi) is 8.95. The summed E-state index contributed by atoms with van der Waals surface area (Å²) in [7, 11) is 3.82. The smallest absolute Gasteiger partial charge is 0.490 e. The fourth-order valence-electron chi connectivity index (χ4n) is 4.19. The van der Waals surface area contributed by atoms with Gasteiger partial charge in [0, 0.05) is 45.6 Å². The van der Waals surface area contributed by atoms with E-state index < -0.39 is 18.2 Å². The molecular formula is C30H30F3N5O7. The van der Waals surface area contributed by atoms with Gasteiger partial charge < -0.3 is 34.4 Å². The number of phenols is 1. The van der Waals surface area contributed by atoms with Crippen LogP contribution in [0.4, 0.5) is 29.5 Å². The Bertz CT molecular complexity index is 1880. The van der Waals surface area contributed by atoms with Crippen molar-refractivity contribution < 1.29 is 46.7 Å². The van der Waals surface area contributed by atoms with Gasteiger partial charge in [-0.1, -0.05) is 25.9 Å². The highest BCUT2D eigenvalue weighted by Gasteiger charge is 2.38. The highest BCUT2D eigenvalue weighted by Crippen LogP contribution is 2.31. The molecule has 0 saturated carbocycles. The van der Waals surface area contributed by atoms with Crippen LogP contribution in [-0.4, -0.2) is 63.3 Å². The first-order valence-corrected chi connectivity index (χ1v) is 13.3. The van der Waals surface area contributed by atoms with Crippen LogP contribution in [0.3, 0.4) is 0 Å². The van der Waals surface area contributed by atoms with Gasteiger partial charge in [-0.25, -0.2) is 9.59 Å². The van der Waals surface area contributed by atoms with Crippen LogP contribution in [0, 0.1) is 0 Å². The molecule has 15 heteroatoms. The Morgan fingerprint density at radius 2 is 1.69 bits per heavy atom. The van der Waals surface area contributed by atoms with Crippen molar-refractivity contribution >= 4 is 51.2 Å². The zero-order valence-electron chi connectivity index (χ0n) is 24.8. The molecule has 5 rings (SSSR count). The molecule has 0 unspecified atom stereocenters. The highest BCUT2D eigenvalue weighted by atomic mass is 19.4. The minimum Gasteiger partial charge on any atom is -0.508 e. The number of carbonyl (C=O) groups is 3. The Morgan fingerprint density at radius 1 is 1.00 bits per heavy atom. The first-order valence-electron chi connectivity index (χ1n) is 13.3. The number of rotatable bonds is 6. The number of carbonyl (C=O) groups excluding carboxylic acids is 2. The van der Waals surface area contributed by atoms with Gasteiger partial charge in [-0.15, -0.1) is 0 Å². The van der Waals surface area contributed by atoms with Crippen LogP contribution in [0.5, 0.6) is 5.75 Å². The number of hydrogen-bond acceptors (Lipinski definition) is 8. The van der Waals surface area contributed by atoms with Crippen molar-refractivity contribution in [3.63, 3.8) is 0 Å². The SMILES string of the molecule is CN(C)Cc1c(O)ccc2[nH]c(C(=O)c3cc4cc(NC(=O)Nc5cc(C(C)(C)C)on5)ccc4o3)cc12.O=C(O)C(F)(F)F. The van der Waals surface area contributed by atoms with Crippen LogP contribution >= 0.6 is 0 Å². The number of urea groups is 1. The number of hydrogen-bond donors (Lipinski definition) is 5. The quantitative estimate of drug-likeness (QED) is 0.132. The second-order valence-electron chi connectivity index (χ2n) is 11.3. The fourth-order valence-corrected chi connectivity index (χ4v) is 4.19. The normalized spacial score (nSPS) is 11.8. The fraction of sp³-hybridized carbons (Fsp3) is 0.267. The molecule has 0 aliphatic heterocycles. The van der Waals surface area contributed by atoms with Gasteiger partial charge in [-0.2, -0.15) is 13.2 Å². The molecule has 5 aromatic rings. The van der Waals surface area contributed by atoms with Crippen LogP contribution in [0.25, 0.3) is 21.9 Å². The van der Waals surface area contributed by atoms with Crippen molar-refractivity contribution in [2.75, 3.05) is 24.7 Å². The number of nitrogens with zero attached hydrogens (tertiary/aromatic N) is 2. The zero-order chi connectivity index (χ0) is 33.3. The first-order chi connectivity index (χ1) is 20.9. The Hall–Kier alpha value is -5.31. The van der Waals surface area contributed by atoms with E-state index in [0.29, 0.717) is 40.5 Å². The van der Waals surface area contributed by atoms with Crippen molar-refractivity contribution in [2.45, 2.75) is 38.9 Å². The molecule has 0 atom stereocenters.